The average Bonchev–Trinajstić information content (AvgIpc) is 3.66. The summed E-state index contributed by atoms with van der Waals surface area (Å²) < 4.78 is 7.13. The van der Waals surface area contributed by atoms with Gasteiger partial charge in [-0.25, -0.2) is 9.98 Å². The van der Waals surface area contributed by atoms with Gasteiger partial charge < -0.3 is 14.6 Å². The summed E-state index contributed by atoms with van der Waals surface area (Å²) in [6.07, 6.45) is -0.388. The zero-order chi connectivity index (χ0) is 40.0. The van der Waals surface area contributed by atoms with Gasteiger partial charge in [0.25, 0.3) is 5.69 Å². The van der Waals surface area contributed by atoms with Crippen molar-refractivity contribution in [3.8, 4) is 33.4 Å². The average molecular weight is 767 g/mol. The van der Waals surface area contributed by atoms with Gasteiger partial charge in [0.15, 0.2) is 12.9 Å². The molecular formula is C52H40N5O2+. The molecule has 1 atom stereocenters. The molecule has 1 aromatic heterocycles. The highest BCUT2D eigenvalue weighted by Gasteiger charge is 2.24. The number of nitroso groups, excluding NO2 is 1. The summed E-state index contributed by atoms with van der Waals surface area (Å²) in [4.78, 5) is 25.2. The molecule has 0 fully saturated rings. The maximum absolute atomic E-state index is 12.6. The number of para-hydroxylation sites is 1. The van der Waals surface area contributed by atoms with E-state index >= 15 is 0 Å². The van der Waals surface area contributed by atoms with E-state index in [0.717, 1.165) is 82.5 Å². The Balaban J connectivity index is 1.15. The van der Waals surface area contributed by atoms with Crippen molar-refractivity contribution in [3.05, 3.63) is 198 Å². The van der Waals surface area contributed by atoms with Crippen LogP contribution < -0.4 is 10.2 Å². The van der Waals surface area contributed by atoms with Crippen molar-refractivity contribution >= 4 is 55.8 Å². The summed E-state index contributed by atoms with van der Waals surface area (Å²) in [5.41, 5.74) is 12.3. The van der Waals surface area contributed by atoms with E-state index in [9.17, 15) is 4.91 Å². The Bertz CT molecular complexity index is 3160. The summed E-state index contributed by atoms with van der Waals surface area (Å²) in [6.45, 7) is 0. The number of nitrogens with zero attached hydrogens (tertiary/aromatic N) is 4. The number of furan rings is 1. The first-order valence-electron chi connectivity index (χ1n) is 19.7. The molecule has 2 heterocycles. The Morgan fingerprint density at radius 2 is 1.20 bits per heavy atom. The Labute approximate surface area is 342 Å². The van der Waals surface area contributed by atoms with Crippen molar-refractivity contribution in [2.75, 3.05) is 26.0 Å². The first-order chi connectivity index (χ1) is 28.9. The summed E-state index contributed by atoms with van der Waals surface area (Å²) >= 11 is 0. The molecule has 1 aliphatic rings. The molecule has 0 spiro atoms. The second-order valence-corrected chi connectivity index (χ2v) is 15.2. The van der Waals surface area contributed by atoms with Gasteiger partial charge in [0, 0.05) is 51.7 Å². The molecular weight excluding hydrogens is 727 g/mol. The molecule has 9 aromatic rings. The lowest BCUT2D eigenvalue weighted by Gasteiger charge is -2.24. The lowest BCUT2D eigenvalue weighted by Crippen LogP contribution is -2.33. The number of amidine groups is 2. The number of fused-ring (bicyclic) bond motifs is 4. The van der Waals surface area contributed by atoms with Gasteiger partial charge in [-0.2, -0.15) is 0 Å². The molecule has 1 aliphatic heterocycles. The number of hydrogen-bond donors (Lipinski definition) is 1. The molecule has 59 heavy (non-hydrogen) atoms. The Morgan fingerprint density at radius 3 is 2.05 bits per heavy atom. The Kier molecular flexibility index (Phi) is 8.91. The van der Waals surface area contributed by atoms with Gasteiger partial charge in [-0.05, 0) is 98.2 Å². The number of rotatable bonds is 8. The van der Waals surface area contributed by atoms with Gasteiger partial charge in [0.2, 0.25) is 0 Å². The third kappa shape index (κ3) is 6.72. The van der Waals surface area contributed by atoms with Crippen LogP contribution in [0.25, 0.3) is 66.1 Å². The van der Waals surface area contributed by atoms with Crippen LogP contribution in [-0.4, -0.2) is 37.6 Å². The minimum absolute atomic E-state index is 0.388. The van der Waals surface area contributed by atoms with Gasteiger partial charge in [0.1, 0.15) is 28.9 Å². The third-order valence-corrected chi connectivity index (χ3v) is 11.1. The lowest BCUT2D eigenvalue weighted by atomic mass is 9.92. The molecule has 10 rings (SSSR count). The summed E-state index contributed by atoms with van der Waals surface area (Å²) in [5, 5.41) is 8.17. The van der Waals surface area contributed by atoms with Crippen molar-refractivity contribution < 1.29 is 9.18 Å². The van der Waals surface area contributed by atoms with Crippen LogP contribution in [0.1, 0.15) is 22.9 Å². The van der Waals surface area contributed by atoms with Crippen molar-refractivity contribution in [3.63, 3.8) is 0 Å². The predicted molar refractivity (Wildman–Crippen MR) is 243 cm³/mol. The molecule has 0 saturated heterocycles. The molecule has 7 heteroatoms. The van der Waals surface area contributed by atoms with Gasteiger partial charge in [-0.15, -0.1) is 0 Å². The fourth-order valence-electron chi connectivity index (χ4n) is 8.17. The van der Waals surface area contributed by atoms with E-state index in [1.165, 1.54) is 17.8 Å². The van der Waals surface area contributed by atoms with Gasteiger partial charge >= 0.3 is 0 Å². The van der Waals surface area contributed by atoms with E-state index < -0.39 is 0 Å². The highest BCUT2D eigenvalue weighted by atomic mass is 16.3. The fourth-order valence-corrected chi connectivity index (χ4v) is 8.17. The van der Waals surface area contributed by atoms with Crippen molar-refractivity contribution in [2.24, 2.45) is 9.98 Å². The second kappa shape index (κ2) is 14.7. The van der Waals surface area contributed by atoms with Crippen LogP contribution in [0.5, 0.6) is 0 Å². The van der Waals surface area contributed by atoms with Gasteiger partial charge in [-0.3, -0.25) is 0 Å². The van der Waals surface area contributed by atoms with Crippen LogP contribution in [0.2, 0.25) is 0 Å². The zero-order valence-corrected chi connectivity index (χ0v) is 32.9. The molecule has 0 radical (unpaired) electrons. The molecule has 0 amide bonds. The topological polar surface area (TPSA) is 73.2 Å². The molecule has 0 aliphatic carbocycles. The van der Waals surface area contributed by atoms with Crippen molar-refractivity contribution in [2.45, 2.75) is 6.17 Å². The van der Waals surface area contributed by atoms with Crippen molar-refractivity contribution in [1.82, 2.24) is 5.32 Å². The molecule has 1 unspecified atom stereocenters. The van der Waals surface area contributed by atoms with Crippen LogP contribution in [0, 0.1) is 4.91 Å². The lowest BCUT2D eigenvalue weighted by molar-refractivity contribution is -0.427. The quantitative estimate of drug-likeness (QED) is 0.156. The molecule has 0 bridgehead atoms. The van der Waals surface area contributed by atoms with Gasteiger partial charge in [-0.1, -0.05) is 121 Å². The number of anilines is 1. The predicted octanol–water partition coefficient (Wildman–Crippen LogP) is 12.3. The molecule has 284 valence electrons. The minimum atomic E-state index is -0.388. The SMILES string of the molecule is CN(C)c1ccc(-c2cccc(C3=NC(c4cc(-c5ccc6oc7ccccc7c6c5)cc(-c5cccc6ccccc56)c4)=NC(c4ccccc4)N3)c2)cc1[N+](C)=O. The number of nitrogens with one attached hydrogen (secondary N) is 1. The third-order valence-electron chi connectivity index (χ3n) is 11.1. The summed E-state index contributed by atoms with van der Waals surface area (Å²) in [6, 6.07) is 60.8. The van der Waals surface area contributed by atoms with Gasteiger partial charge in [0.05, 0.1) is 0 Å². The maximum atomic E-state index is 12.6. The number of benzene rings is 8. The van der Waals surface area contributed by atoms with Crippen LogP contribution in [0.15, 0.2) is 190 Å². The zero-order valence-electron chi connectivity index (χ0n) is 32.9. The van der Waals surface area contributed by atoms with Crippen LogP contribution in [0.3, 0.4) is 0 Å². The highest BCUT2D eigenvalue weighted by molar-refractivity contribution is 6.14. The first-order valence-corrected chi connectivity index (χ1v) is 19.7. The van der Waals surface area contributed by atoms with E-state index in [1.54, 1.807) is 0 Å². The van der Waals surface area contributed by atoms with Crippen molar-refractivity contribution in [1.29, 1.82) is 0 Å². The Hall–Kier alpha value is -7.64. The van der Waals surface area contributed by atoms with E-state index in [-0.39, 0.29) is 6.17 Å². The maximum Gasteiger partial charge on any atom is 0.279 e. The van der Waals surface area contributed by atoms with E-state index in [4.69, 9.17) is 14.4 Å². The standard InChI is InChI=1S/C52H40N5O2/c1-56(2)46-25-23-37(32-47(46)57(3)58)35-17-11-18-38(27-35)51-53-50(34-14-5-4-6-15-34)54-52(55-51)41-29-39(28-40(30-41)43-21-12-16-33-13-7-8-19-42(33)43)36-24-26-49-45(31-36)44-20-9-10-22-48(44)59-49/h4-32,50H,1-3H3,(H,53,54,55)/q+1. The van der Waals surface area contributed by atoms with Crippen LogP contribution in [0.4, 0.5) is 11.4 Å². The molecule has 8 aromatic carbocycles. The smallest absolute Gasteiger partial charge is 0.279 e. The van der Waals surface area contributed by atoms with E-state index in [0.29, 0.717) is 17.4 Å². The molecule has 1 N–H and O–H groups in total. The highest BCUT2D eigenvalue weighted by Crippen LogP contribution is 2.38. The van der Waals surface area contributed by atoms with Crippen LogP contribution >= 0.6 is 0 Å². The number of hydrogen-bond acceptors (Lipinski definition) is 6. The largest absolute Gasteiger partial charge is 0.456 e. The summed E-state index contributed by atoms with van der Waals surface area (Å²) in [5.74, 6) is 1.34. The van der Waals surface area contributed by atoms with E-state index in [2.05, 4.69) is 133 Å². The number of aliphatic imine (C=N–C) groups is 2. The normalized spacial score (nSPS) is 13.9. The minimum Gasteiger partial charge on any atom is -0.456 e. The molecule has 0 saturated carbocycles. The summed E-state index contributed by atoms with van der Waals surface area (Å²) in [7, 11) is 5.42. The van der Waals surface area contributed by atoms with Crippen LogP contribution in [-0.2, 0) is 0 Å². The monoisotopic (exact) mass is 766 g/mol. The first kappa shape index (κ1) is 35.8. The molecule has 7 nitrogen and oxygen atoms in total. The Morgan fingerprint density at radius 1 is 0.559 bits per heavy atom. The van der Waals surface area contributed by atoms with E-state index in [1.807, 2.05) is 67.5 Å². The second-order valence-electron chi connectivity index (χ2n) is 15.2. The fraction of sp³-hybridized carbons (Fsp3) is 0.0769.